The van der Waals surface area contributed by atoms with Crippen LogP contribution in [0, 0.1) is 0 Å². The van der Waals surface area contributed by atoms with E-state index >= 15 is 0 Å². The van der Waals surface area contributed by atoms with Gasteiger partial charge in [0.15, 0.2) is 0 Å². The monoisotopic (exact) mass is 568 g/mol. The van der Waals surface area contributed by atoms with Gasteiger partial charge in [0.2, 0.25) is 0 Å². The van der Waals surface area contributed by atoms with Crippen LogP contribution in [0.15, 0.2) is 122 Å². The van der Waals surface area contributed by atoms with Crippen molar-refractivity contribution in [2.45, 2.75) is 39.7 Å². The van der Waals surface area contributed by atoms with E-state index in [1.165, 1.54) is 0 Å². The van der Waals surface area contributed by atoms with Crippen molar-refractivity contribution in [2.75, 3.05) is 21.3 Å². The first-order valence-corrected chi connectivity index (χ1v) is 14.6. The average Bonchev–Trinajstić information content (AvgIpc) is 2.98. The maximum absolute atomic E-state index is 10.8. The van der Waals surface area contributed by atoms with Gasteiger partial charge in [0.25, 0.3) is 0 Å². The molecule has 0 radical (unpaired) electrons. The summed E-state index contributed by atoms with van der Waals surface area (Å²) in [4.78, 5) is 0. The molecule has 0 aliphatic carbocycles. The Morgan fingerprint density at radius 1 is 0.605 bits per heavy atom. The Morgan fingerprint density at radius 3 is 1.58 bits per heavy atom. The number of allylic oxidation sites excluding steroid dienone is 1. The highest BCUT2D eigenvalue weighted by Crippen LogP contribution is 2.37. The lowest BCUT2D eigenvalue weighted by Gasteiger charge is -2.24. The van der Waals surface area contributed by atoms with Crippen LogP contribution in [-0.4, -0.2) is 5.11 Å². The zero-order valence-electron chi connectivity index (χ0n) is 25.3. The number of para-hydroxylation sites is 1. The lowest BCUT2D eigenvalue weighted by Crippen LogP contribution is -2.13. The van der Waals surface area contributed by atoms with Crippen LogP contribution < -0.4 is 21.3 Å². The molecule has 0 spiro atoms. The molecule has 0 bridgehead atoms. The van der Waals surface area contributed by atoms with Crippen molar-refractivity contribution < 1.29 is 5.11 Å². The Morgan fingerprint density at radius 2 is 1.07 bits per heavy atom. The maximum atomic E-state index is 10.8. The van der Waals surface area contributed by atoms with Crippen molar-refractivity contribution in [1.82, 2.24) is 0 Å². The standard InChI is InChI=1S/C38H40N4O/c1-26(2)35-22-27(23-36(37(35)43)38(3,4)5)25-39-28-14-16-31(17-15-28)41-33-12-9-13-34(24-33)42-32-20-18-30(19-21-32)40-29-10-7-6-8-11-29/h6-24,39-43H,1,25H2,2-5H3. The Hall–Kier alpha value is -5.16. The van der Waals surface area contributed by atoms with Gasteiger partial charge in [-0.05, 0) is 114 Å². The minimum Gasteiger partial charge on any atom is -0.507 e. The first kappa shape index (κ1) is 29.3. The van der Waals surface area contributed by atoms with E-state index in [-0.39, 0.29) is 5.41 Å². The highest BCUT2D eigenvalue weighted by atomic mass is 16.3. The Balaban J connectivity index is 1.19. The minimum atomic E-state index is -0.172. The number of rotatable bonds is 10. The summed E-state index contributed by atoms with van der Waals surface area (Å²) in [7, 11) is 0. The van der Waals surface area contributed by atoms with E-state index in [9.17, 15) is 5.11 Å². The molecule has 0 aliphatic heterocycles. The van der Waals surface area contributed by atoms with Gasteiger partial charge in [0.1, 0.15) is 5.75 Å². The van der Waals surface area contributed by atoms with Gasteiger partial charge in [-0.25, -0.2) is 0 Å². The molecule has 5 rings (SSSR count). The summed E-state index contributed by atoms with van der Waals surface area (Å²) in [6.45, 7) is 13.0. The van der Waals surface area contributed by atoms with Crippen LogP contribution in [0.1, 0.15) is 44.4 Å². The van der Waals surface area contributed by atoms with Gasteiger partial charge < -0.3 is 26.4 Å². The van der Waals surface area contributed by atoms with Crippen molar-refractivity contribution in [3.8, 4) is 5.75 Å². The summed E-state index contributed by atoms with van der Waals surface area (Å²) in [5.41, 5.74) is 10.7. The quantitative estimate of drug-likeness (QED) is 0.116. The molecule has 5 heteroatoms. The molecule has 0 aromatic heterocycles. The van der Waals surface area contributed by atoms with Gasteiger partial charge in [0, 0.05) is 57.5 Å². The van der Waals surface area contributed by atoms with E-state index in [0.29, 0.717) is 12.3 Å². The third kappa shape index (κ3) is 7.77. The Labute approximate surface area is 255 Å². The SMILES string of the molecule is C=C(C)c1cc(CNc2ccc(Nc3cccc(Nc4ccc(Nc5ccccc5)cc4)c3)cc2)cc(C(C)(C)C)c1O. The van der Waals surface area contributed by atoms with Gasteiger partial charge in [-0.15, -0.1) is 0 Å². The number of hydrogen-bond acceptors (Lipinski definition) is 5. The number of hydrogen-bond donors (Lipinski definition) is 5. The third-order valence-corrected chi connectivity index (χ3v) is 7.21. The van der Waals surface area contributed by atoms with Gasteiger partial charge in [0.05, 0.1) is 0 Å². The maximum Gasteiger partial charge on any atom is 0.126 e. The first-order chi connectivity index (χ1) is 20.6. The van der Waals surface area contributed by atoms with Crippen LogP contribution in [0.2, 0.25) is 0 Å². The predicted octanol–water partition coefficient (Wildman–Crippen LogP) is 10.6. The normalized spacial score (nSPS) is 11.1. The second-order valence-corrected chi connectivity index (χ2v) is 11.9. The second-order valence-electron chi connectivity index (χ2n) is 11.9. The fourth-order valence-corrected chi connectivity index (χ4v) is 4.90. The molecule has 0 atom stereocenters. The molecule has 0 heterocycles. The molecule has 0 saturated carbocycles. The molecule has 0 amide bonds. The largest absolute Gasteiger partial charge is 0.507 e. The fraction of sp³-hybridized carbons (Fsp3) is 0.158. The van der Waals surface area contributed by atoms with Crippen molar-refractivity contribution in [1.29, 1.82) is 0 Å². The van der Waals surface area contributed by atoms with Gasteiger partial charge in [-0.3, -0.25) is 0 Å². The lowest BCUT2D eigenvalue weighted by atomic mass is 9.83. The van der Waals surface area contributed by atoms with E-state index in [1.807, 2.05) is 49.4 Å². The Bertz CT molecular complexity index is 1690. The zero-order valence-corrected chi connectivity index (χ0v) is 25.3. The third-order valence-electron chi connectivity index (χ3n) is 7.21. The number of phenolic OH excluding ortho intramolecular Hbond substituents is 1. The summed E-state index contributed by atoms with van der Waals surface area (Å²) >= 11 is 0. The van der Waals surface area contributed by atoms with Crippen molar-refractivity contribution in [3.05, 3.63) is 139 Å². The Kier molecular flexibility index (Phi) is 8.72. The fourth-order valence-electron chi connectivity index (χ4n) is 4.90. The van der Waals surface area contributed by atoms with E-state index in [1.54, 1.807) is 0 Å². The summed E-state index contributed by atoms with van der Waals surface area (Å²) < 4.78 is 0. The van der Waals surface area contributed by atoms with Gasteiger partial charge >= 0.3 is 0 Å². The molecular formula is C38H40N4O. The summed E-state index contributed by atoms with van der Waals surface area (Å²) in [6.07, 6.45) is 0. The van der Waals surface area contributed by atoms with E-state index < -0.39 is 0 Å². The first-order valence-electron chi connectivity index (χ1n) is 14.6. The van der Waals surface area contributed by atoms with Crippen LogP contribution >= 0.6 is 0 Å². The number of phenols is 1. The van der Waals surface area contributed by atoms with Crippen LogP contribution in [0.25, 0.3) is 5.57 Å². The molecule has 0 unspecified atom stereocenters. The lowest BCUT2D eigenvalue weighted by molar-refractivity contribution is 0.444. The number of nitrogens with one attached hydrogen (secondary N) is 4. The van der Waals surface area contributed by atoms with Crippen molar-refractivity contribution in [3.63, 3.8) is 0 Å². The van der Waals surface area contributed by atoms with E-state index in [4.69, 9.17) is 0 Å². The predicted molar refractivity (Wildman–Crippen MR) is 184 cm³/mol. The molecule has 0 saturated heterocycles. The van der Waals surface area contributed by atoms with Crippen molar-refractivity contribution in [2.24, 2.45) is 0 Å². The minimum absolute atomic E-state index is 0.172. The van der Waals surface area contributed by atoms with Crippen molar-refractivity contribution >= 4 is 45.4 Å². The molecule has 0 aliphatic rings. The smallest absolute Gasteiger partial charge is 0.126 e. The molecule has 5 nitrogen and oxygen atoms in total. The van der Waals surface area contributed by atoms with Crippen LogP contribution in [0.4, 0.5) is 39.8 Å². The molecular weight excluding hydrogens is 528 g/mol. The van der Waals surface area contributed by atoms with E-state index in [2.05, 4.69) is 121 Å². The highest BCUT2D eigenvalue weighted by molar-refractivity contribution is 5.72. The number of aromatic hydroxyl groups is 1. The topological polar surface area (TPSA) is 68.3 Å². The van der Waals surface area contributed by atoms with Crippen LogP contribution in [0.5, 0.6) is 5.75 Å². The highest BCUT2D eigenvalue weighted by Gasteiger charge is 2.21. The molecule has 5 aromatic rings. The number of benzene rings is 5. The second kappa shape index (κ2) is 12.8. The van der Waals surface area contributed by atoms with Crippen LogP contribution in [-0.2, 0) is 12.0 Å². The van der Waals surface area contributed by atoms with Crippen LogP contribution in [0.3, 0.4) is 0 Å². The molecule has 218 valence electrons. The molecule has 43 heavy (non-hydrogen) atoms. The van der Waals surface area contributed by atoms with Gasteiger partial charge in [-0.1, -0.05) is 51.6 Å². The summed E-state index contributed by atoms with van der Waals surface area (Å²) in [6, 6.07) is 39.0. The summed E-state index contributed by atoms with van der Waals surface area (Å²) in [5, 5.41) is 24.7. The summed E-state index contributed by atoms with van der Waals surface area (Å²) in [5.74, 6) is 0.326. The average molecular weight is 569 g/mol. The van der Waals surface area contributed by atoms with Gasteiger partial charge in [-0.2, -0.15) is 0 Å². The molecule has 0 fully saturated rings. The van der Waals surface area contributed by atoms with E-state index in [0.717, 1.165) is 62.1 Å². The molecule has 5 N–H and O–H groups in total. The molecule has 5 aromatic carbocycles. The number of anilines is 7. The zero-order chi connectivity index (χ0) is 30.4.